The molecular weight excluding hydrogens is 679 g/mol. The molecule has 0 saturated heterocycles. The summed E-state index contributed by atoms with van der Waals surface area (Å²) < 4.78 is 26.5. The number of carbonyl (C=O) groups excluding carboxylic acids is 1. The second-order valence-corrected chi connectivity index (χ2v) is 22.9. The number of rotatable bonds is 37. The Morgan fingerprint density at radius 3 is 1.33 bits per heavy atom. The van der Waals surface area contributed by atoms with Crippen LogP contribution in [-0.2, 0) is 20.4 Å². The monoisotopic (exact) mass is 758 g/mol. The van der Waals surface area contributed by atoms with E-state index < -0.39 is 19.2 Å². The minimum absolute atomic E-state index is 0.260. The average molecular weight is 758 g/mol. The molecule has 0 aromatic heterocycles. The first kappa shape index (κ1) is 45.6. The van der Waals surface area contributed by atoms with Crippen molar-refractivity contribution in [2.75, 3.05) is 33.0 Å². The molecule has 0 spiro atoms. The van der Waals surface area contributed by atoms with Crippen LogP contribution in [0.5, 0.6) is 0 Å². The summed E-state index contributed by atoms with van der Waals surface area (Å²) in [6.45, 7) is 12.0. The summed E-state index contributed by atoms with van der Waals surface area (Å²) in [6, 6.07) is 0. The van der Waals surface area contributed by atoms with Gasteiger partial charge in [0.15, 0.2) is 0 Å². The first-order valence-electron chi connectivity index (χ1n) is 20.0. The van der Waals surface area contributed by atoms with E-state index in [1.165, 1.54) is 109 Å². The zero-order valence-corrected chi connectivity index (χ0v) is 34.1. The van der Waals surface area contributed by atoms with Crippen LogP contribution in [0.4, 0.5) is 0 Å². The van der Waals surface area contributed by atoms with E-state index in [0.717, 1.165) is 60.4 Å². The van der Waals surface area contributed by atoms with Crippen LogP contribution < -0.4 is 0 Å². The molecule has 0 aromatic rings. The zero-order valence-electron chi connectivity index (χ0n) is 31.3. The number of carbonyl (C=O) groups is 1. The predicted molar refractivity (Wildman–Crippen MR) is 201 cm³/mol. The summed E-state index contributed by atoms with van der Waals surface area (Å²) in [6.07, 6.45) is 38.3. The van der Waals surface area contributed by atoms with Gasteiger partial charge in [0.2, 0.25) is 0 Å². The summed E-state index contributed by atoms with van der Waals surface area (Å²) in [7, 11) is 0. The van der Waals surface area contributed by atoms with Gasteiger partial charge in [-0.05, 0) is 0 Å². The molecule has 0 aliphatic heterocycles. The van der Waals surface area contributed by atoms with Gasteiger partial charge in [0.05, 0.1) is 0 Å². The maximum absolute atomic E-state index is 12.2. The fourth-order valence-corrected chi connectivity index (χ4v) is 15.7. The fraction of sp³-hybridized carbons (Fsp3) is 0.875. The summed E-state index contributed by atoms with van der Waals surface area (Å²) in [4.78, 5) is 12.2. The van der Waals surface area contributed by atoms with Crippen molar-refractivity contribution in [3.63, 3.8) is 0 Å². The van der Waals surface area contributed by atoms with Crippen molar-refractivity contribution in [2.24, 2.45) is 0 Å². The quantitative estimate of drug-likeness (QED) is 0.0208. The number of ether oxygens (including phenoxy) is 2. The molecule has 46 heavy (non-hydrogen) atoms. The molecule has 0 heterocycles. The molecule has 0 unspecified atom stereocenters. The Bertz CT molecular complexity index is 673. The standard InChI is InChI=1S/C16H29O3.C16H31O2.2C4H9.Sn/c1-2-3-4-5-6-7-8-9-10-11-15-19-16(18)13-12-14-17;1-2-3-4-5-6-7-8-9-10-12-15-18-16-13-11-14-17;2*1-3-4-2;/h12-13H,2-11,14-15H2,1H3;11,13H,2-10,12,14-16H2,1H3;2*1,3-4H2,2H3;/q2*-1;;;+2/b13-12-;13-11-;;;. The molecule has 0 aliphatic carbocycles. The van der Waals surface area contributed by atoms with Crippen molar-refractivity contribution in [1.82, 2.24) is 0 Å². The van der Waals surface area contributed by atoms with E-state index in [-0.39, 0.29) is 5.97 Å². The van der Waals surface area contributed by atoms with Crippen molar-refractivity contribution < 1.29 is 20.4 Å². The third-order valence-electron chi connectivity index (χ3n) is 8.73. The van der Waals surface area contributed by atoms with Crippen molar-refractivity contribution >= 4 is 25.2 Å². The molecule has 0 aliphatic rings. The Kier molecular flexibility index (Phi) is 37.1. The SMILES string of the molecule is CCCCCCCCCCCCOC/C=C\C[O][Sn]([CH2]CCC)([CH2]CCC)[O]C/C=C\C(=O)OCCCCCCCCCCCC. The van der Waals surface area contributed by atoms with Crippen LogP contribution in [0.2, 0.25) is 8.87 Å². The van der Waals surface area contributed by atoms with Crippen LogP contribution in [0.1, 0.15) is 182 Å². The Hall–Kier alpha value is -0.371. The molecule has 0 aromatic carbocycles. The molecule has 0 fully saturated rings. The average Bonchev–Trinajstić information content (AvgIpc) is 3.06. The van der Waals surface area contributed by atoms with Crippen LogP contribution >= 0.6 is 0 Å². The zero-order chi connectivity index (χ0) is 33.7. The first-order chi connectivity index (χ1) is 22.6. The summed E-state index contributed by atoms with van der Waals surface area (Å²) in [5, 5.41) is 0. The number of hydrogen-bond acceptors (Lipinski definition) is 5. The molecule has 0 N–H and O–H groups in total. The maximum atomic E-state index is 12.2. The summed E-state index contributed by atoms with van der Waals surface area (Å²) >= 11 is -3.26. The van der Waals surface area contributed by atoms with E-state index in [1.807, 2.05) is 6.08 Å². The smallest absolute Gasteiger partial charge is 0.0654 e. The van der Waals surface area contributed by atoms with Gasteiger partial charge < -0.3 is 0 Å². The van der Waals surface area contributed by atoms with Gasteiger partial charge in [-0.1, -0.05) is 78.1 Å². The Morgan fingerprint density at radius 1 is 0.457 bits per heavy atom. The molecule has 272 valence electrons. The van der Waals surface area contributed by atoms with Crippen LogP contribution in [0.25, 0.3) is 0 Å². The number of unbranched alkanes of at least 4 members (excludes halogenated alkanes) is 20. The Balaban J connectivity index is 4.21. The van der Waals surface area contributed by atoms with Crippen molar-refractivity contribution in [3.05, 3.63) is 24.3 Å². The molecule has 0 atom stereocenters. The van der Waals surface area contributed by atoms with Crippen LogP contribution in [0, 0.1) is 0 Å². The first-order valence-corrected chi connectivity index (χ1v) is 26.3. The fourth-order valence-electron chi connectivity index (χ4n) is 5.68. The van der Waals surface area contributed by atoms with Gasteiger partial charge in [0, 0.05) is 0 Å². The second-order valence-electron chi connectivity index (χ2n) is 13.2. The summed E-state index contributed by atoms with van der Waals surface area (Å²) in [5.74, 6) is -0.260. The van der Waals surface area contributed by atoms with E-state index in [0.29, 0.717) is 26.4 Å². The molecule has 6 heteroatoms. The normalized spacial score (nSPS) is 12.2. The van der Waals surface area contributed by atoms with Crippen molar-refractivity contribution in [2.45, 2.75) is 191 Å². The molecule has 0 amide bonds. The second kappa shape index (κ2) is 37.4. The van der Waals surface area contributed by atoms with Gasteiger partial charge in [-0.2, -0.15) is 0 Å². The molecular formula is C40H78O5Sn. The van der Waals surface area contributed by atoms with Gasteiger partial charge in [0.1, 0.15) is 0 Å². The molecule has 0 radical (unpaired) electrons. The van der Waals surface area contributed by atoms with Gasteiger partial charge in [-0.25, -0.2) is 0 Å². The number of hydrogen-bond donors (Lipinski definition) is 0. The van der Waals surface area contributed by atoms with Crippen molar-refractivity contribution in [3.8, 4) is 0 Å². The van der Waals surface area contributed by atoms with Gasteiger partial charge in [0.25, 0.3) is 0 Å². The molecule has 0 bridgehead atoms. The van der Waals surface area contributed by atoms with E-state index in [4.69, 9.17) is 15.6 Å². The van der Waals surface area contributed by atoms with E-state index in [9.17, 15) is 4.79 Å². The van der Waals surface area contributed by atoms with Gasteiger partial charge >= 0.3 is 216 Å². The predicted octanol–water partition coefficient (Wildman–Crippen LogP) is 12.6. The van der Waals surface area contributed by atoms with Gasteiger partial charge in [-0.15, -0.1) is 0 Å². The Labute approximate surface area is 292 Å². The number of esters is 1. The minimum atomic E-state index is -3.26. The van der Waals surface area contributed by atoms with Crippen LogP contribution in [-0.4, -0.2) is 58.2 Å². The molecule has 0 rings (SSSR count). The topological polar surface area (TPSA) is 54.0 Å². The third kappa shape index (κ3) is 32.2. The van der Waals surface area contributed by atoms with Crippen LogP contribution in [0.15, 0.2) is 24.3 Å². The third-order valence-corrected chi connectivity index (χ3v) is 19.0. The van der Waals surface area contributed by atoms with Crippen LogP contribution in [0.3, 0.4) is 0 Å². The Morgan fingerprint density at radius 2 is 0.848 bits per heavy atom. The van der Waals surface area contributed by atoms with E-state index in [2.05, 4.69) is 39.8 Å². The van der Waals surface area contributed by atoms with Gasteiger partial charge in [-0.3, -0.25) is 0 Å². The van der Waals surface area contributed by atoms with E-state index in [1.54, 1.807) is 6.08 Å². The summed E-state index contributed by atoms with van der Waals surface area (Å²) in [5.41, 5.74) is 0. The van der Waals surface area contributed by atoms with Crippen molar-refractivity contribution in [1.29, 1.82) is 0 Å². The molecule has 0 saturated carbocycles. The molecule has 5 nitrogen and oxygen atoms in total. The van der Waals surface area contributed by atoms with E-state index >= 15 is 0 Å². The minimum Gasteiger partial charge on any atom is -0.0654 e.